The normalized spacial score (nSPS) is 20.8. The van der Waals surface area contributed by atoms with Gasteiger partial charge in [-0.15, -0.1) is 0 Å². The van der Waals surface area contributed by atoms with E-state index in [0.29, 0.717) is 6.04 Å². The molecule has 0 aliphatic carbocycles. The minimum atomic E-state index is 0.606. The monoisotopic (exact) mass is 246 g/mol. The number of rotatable bonds is 5. The van der Waals surface area contributed by atoms with E-state index in [9.17, 15) is 0 Å². The minimum Gasteiger partial charge on any atom is -0.308 e. The number of hydrogen-bond donors (Lipinski definition) is 1. The van der Waals surface area contributed by atoms with E-state index in [2.05, 4.69) is 55.4 Å². The van der Waals surface area contributed by atoms with E-state index in [1.807, 2.05) is 0 Å². The van der Waals surface area contributed by atoms with Crippen molar-refractivity contribution in [2.45, 2.75) is 39.3 Å². The molecule has 1 heterocycles. The quantitative estimate of drug-likeness (QED) is 0.859. The van der Waals surface area contributed by atoms with Crippen LogP contribution in [0.25, 0.3) is 0 Å². The van der Waals surface area contributed by atoms with E-state index in [0.717, 1.165) is 19.0 Å². The van der Waals surface area contributed by atoms with Crippen LogP contribution in [0.1, 0.15) is 31.4 Å². The molecule has 0 radical (unpaired) electrons. The van der Waals surface area contributed by atoms with Crippen molar-refractivity contribution in [3.63, 3.8) is 0 Å². The molecule has 0 bridgehead atoms. The molecule has 1 aromatic carbocycles. The van der Waals surface area contributed by atoms with Crippen molar-refractivity contribution in [1.29, 1.82) is 0 Å². The Morgan fingerprint density at radius 1 is 1.33 bits per heavy atom. The third-order valence-electron chi connectivity index (χ3n) is 4.02. The highest BCUT2D eigenvalue weighted by molar-refractivity contribution is 5.29. The van der Waals surface area contributed by atoms with Crippen molar-refractivity contribution in [2.24, 2.45) is 5.92 Å². The Balaban J connectivity index is 1.86. The first-order valence-corrected chi connectivity index (χ1v) is 7.17. The van der Waals surface area contributed by atoms with Gasteiger partial charge in [-0.2, -0.15) is 0 Å². The zero-order chi connectivity index (χ0) is 13.0. The van der Waals surface area contributed by atoms with Crippen LogP contribution in [-0.4, -0.2) is 31.1 Å². The highest BCUT2D eigenvalue weighted by atomic mass is 15.1. The summed E-state index contributed by atoms with van der Waals surface area (Å²) in [5, 5.41) is 3.66. The summed E-state index contributed by atoms with van der Waals surface area (Å²) in [4.78, 5) is 2.47. The Morgan fingerprint density at radius 2 is 2.06 bits per heavy atom. The number of nitrogens with one attached hydrogen (secondary N) is 1. The summed E-state index contributed by atoms with van der Waals surface area (Å²) >= 11 is 0. The fraction of sp³-hybridized carbons (Fsp3) is 0.625. The third kappa shape index (κ3) is 3.56. The lowest BCUT2D eigenvalue weighted by Crippen LogP contribution is -2.44. The summed E-state index contributed by atoms with van der Waals surface area (Å²) in [6, 6.07) is 9.41. The van der Waals surface area contributed by atoms with Gasteiger partial charge in [0.1, 0.15) is 0 Å². The van der Waals surface area contributed by atoms with Crippen molar-refractivity contribution in [2.75, 3.05) is 20.1 Å². The molecule has 0 saturated heterocycles. The van der Waals surface area contributed by atoms with Gasteiger partial charge in [0.2, 0.25) is 0 Å². The Morgan fingerprint density at radius 3 is 2.78 bits per heavy atom. The van der Waals surface area contributed by atoms with Crippen molar-refractivity contribution in [3.8, 4) is 0 Å². The Labute approximate surface area is 111 Å². The fourth-order valence-corrected chi connectivity index (χ4v) is 2.76. The van der Waals surface area contributed by atoms with Gasteiger partial charge < -0.3 is 10.2 Å². The first-order chi connectivity index (χ1) is 8.69. The summed E-state index contributed by atoms with van der Waals surface area (Å²) < 4.78 is 0. The molecule has 1 aromatic rings. The van der Waals surface area contributed by atoms with E-state index < -0.39 is 0 Å². The highest BCUT2D eigenvalue weighted by Gasteiger charge is 2.19. The standard InChI is InChI=1S/C16H26N2/c1-4-13(2)11-18(3)12-16-9-14-7-5-6-8-15(14)10-17-16/h5-8,13,16-17H,4,9-12H2,1-3H3. The SMILES string of the molecule is CCC(C)CN(C)CC1Cc2ccccc2CN1. The molecule has 1 aliphatic heterocycles. The van der Waals surface area contributed by atoms with E-state index in [1.165, 1.54) is 30.5 Å². The van der Waals surface area contributed by atoms with E-state index >= 15 is 0 Å². The van der Waals surface area contributed by atoms with Crippen molar-refractivity contribution in [1.82, 2.24) is 10.2 Å². The number of hydrogen-bond acceptors (Lipinski definition) is 2. The molecule has 0 spiro atoms. The number of likely N-dealkylation sites (N-methyl/N-ethyl adjacent to an activating group) is 1. The van der Waals surface area contributed by atoms with Crippen molar-refractivity contribution >= 4 is 0 Å². The summed E-state index contributed by atoms with van der Waals surface area (Å²) in [5.74, 6) is 0.797. The first kappa shape index (κ1) is 13.6. The zero-order valence-electron chi connectivity index (χ0n) is 11.9. The topological polar surface area (TPSA) is 15.3 Å². The summed E-state index contributed by atoms with van der Waals surface area (Å²) in [6.45, 7) is 7.99. The number of nitrogens with zero attached hydrogens (tertiary/aromatic N) is 1. The lowest BCUT2D eigenvalue weighted by atomic mass is 9.95. The molecule has 0 saturated carbocycles. The molecule has 0 aromatic heterocycles. The van der Waals surface area contributed by atoms with Gasteiger partial charge in [0.15, 0.2) is 0 Å². The lowest BCUT2D eigenvalue weighted by molar-refractivity contribution is 0.246. The minimum absolute atomic E-state index is 0.606. The molecule has 0 fully saturated rings. The van der Waals surface area contributed by atoms with Gasteiger partial charge in [0, 0.05) is 25.7 Å². The van der Waals surface area contributed by atoms with Gasteiger partial charge in [-0.3, -0.25) is 0 Å². The van der Waals surface area contributed by atoms with Gasteiger partial charge in [0.05, 0.1) is 0 Å². The average Bonchev–Trinajstić information content (AvgIpc) is 2.38. The Hall–Kier alpha value is -0.860. The maximum atomic E-state index is 3.66. The van der Waals surface area contributed by atoms with Crippen molar-refractivity contribution in [3.05, 3.63) is 35.4 Å². The molecule has 0 amide bonds. The van der Waals surface area contributed by atoms with Crippen LogP contribution in [0.3, 0.4) is 0 Å². The molecular weight excluding hydrogens is 220 g/mol. The van der Waals surface area contributed by atoms with Gasteiger partial charge in [-0.25, -0.2) is 0 Å². The molecule has 1 aliphatic rings. The molecule has 2 atom stereocenters. The second-order valence-electron chi connectivity index (χ2n) is 5.79. The van der Waals surface area contributed by atoms with Gasteiger partial charge in [-0.05, 0) is 30.5 Å². The van der Waals surface area contributed by atoms with Crippen LogP contribution in [0.5, 0.6) is 0 Å². The van der Waals surface area contributed by atoms with Crippen LogP contribution in [0, 0.1) is 5.92 Å². The maximum absolute atomic E-state index is 3.66. The molecule has 2 nitrogen and oxygen atoms in total. The fourth-order valence-electron chi connectivity index (χ4n) is 2.76. The van der Waals surface area contributed by atoms with Crippen LogP contribution in [0.15, 0.2) is 24.3 Å². The Bertz CT molecular complexity index is 375. The zero-order valence-corrected chi connectivity index (χ0v) is 11.9. The maximum Gasteiger partial charge on any atom is 0.0238 e. The molecule has 2 heteroatoms. The lowest BCUT2D eigenvalue weighted by Gasteiger charge is -2.30. The molecule has 2 rings (SSSR count). The second-order valence-corrected chi connectivity index (χ2v) is 5.79. The predicted octanol–water partition coefficient (Wildman–Crippen LogP) is 2.68. The molecule has 100 valence electrons. The van der Waals surface area contributed by atoms with Crippen LogP contribution in [0.2, 0.25) is 0 Å². The van der Waals surface area contributed by atoms with Crippen molar-refractivity contribution < 1.29 is 0 Å². The largest absolute Gasteiger partial charge is 0.308 e. The van der Waals surface area contributed by atoms with Crippen LogP contribution < -0.4 is 5.32 Å². The third-order valence-corrected chi connectivity index (χ3v) is 4.02. The first-order valence-electron chi connectivity index (χ1n) is 7.17. The van der Waals surface area contributed by atoms with Gasteiger partial charge in [-0.1, -0.05) is 44.5 Å². The summed E-state index contributed by atoms with van der Waals surface area (Å²) in [7, 11) is 2.24. The summed E-state index contributed by atoms with van der Waals surface area (Å²) in [5.41, 5.74) is 3.00. The van der Waals surface area contributed by atoms with Gasteiger partial charge in [0.25, 0.3) is 0 Å². The smallest absolute Gasteiger partial charge is 0.0238 e. The molecular formula is C16H26N2. The molecule has 1 N–H and O–H groups in total. The number of benzene rings is 1. The Kier molecular flexibility index (Phi) is 4.79. The second kappa shape index (κ2) is 6.35. The van der Waals surface area contributed by atoms with Crippen LogP contribution >= 0.6 is 0 Å². The van der Waals surface area contributed by atoms with E-state index in [1.54, 1.807) is 0 Å². The number of fused-ring (bicyclic) bond motifs is 1. The molecule has 18 heavy (non-hydrogen) atoms. The molecule has 2 unspecified atom stereocenters. The van der Waals surface area contributed by atoms with E-state index in [-0.39, 0.29) is 0 Å². The van der Waals surface area contributed by atoms with Gasteiger partial charge >= 0.3 is 0 Å². The predicted molar refractivity (Wildman–Crippen MR) is 77.7 cm³/mol. The summed E-state index contributed by atoms with van der Waals surface area (Å²) in [6.07, 6.45) is 2.44. The van der Waals surface area contributed by atoms with Crippen LogP contribution in [-0.2, 0) is 13.0 Å². The van der Waals surface area contributed by atoms with Crippen LogP contribution in [0.4, 0.5) is 0 Å². The average molecular weight is 246 g/mol. The highest BCUT2D eigenvalue weighted by Crippen LogP contribution is 2.16. The van der Waals surface area contributed by atoms with E-state index in [4.69, 9.17) is 0 Å².